The van der Waals surface area contributed by atoms with Crippen LogP contribution in [0.4, 0.5) is 10.1 Å². The fraction of sp³-hybridized carbons (Fsp3) is 0.500. The van der Waals surface area contributed by atoms with E-state index in [9.17, 15) is 9.18 Å². The van der Waals surface area contributed by atoms with Gasteiger partial charge in [0, 0.05) is 31.7 Å². The first kappa shape index (κ1) is 14.6. The highest BCUT2D eigenvalue weighted by atomic mass is 19.1. The number of halogens is 1. The monoisotopic (exact) mass is 281 g/mol. The zero-order valence-electron chi connectivity index (χ0n) is 11.6. The van der Waals surface area contributed by atoms with Gasteiger partial charge in [-0.25, -0.2) is 4.39 Å². The van der Waals surface area contributed by atoms with Crippen LogP contribution in [0.3, 0.4) is 0 Å². The summed E-state index contributed by atoms with van der Waals surface area (Å²) in [4.78, 5) is 14.0. The summed E-state index contributed by atoms with van der Waals surface area (Å²) in [5.41, 5.74) is 6.69. The lowest BCUT2D eigenvalue weighted by Gasteiger charge is -2.15. The molecule has 1 heterocycles. The van der Waals surface area contributed by atoms with Gasteiger partial charge in [-0.3, -0.25) is 9.69 Å². The van der Waals surface area contributed by atoms with Crippen LogP contribution in [0.1, 0.15) is 16.8 Å². The molecule has 5 nitrogen and oxygen atoms in total. The van der Waals surface area contributed by atoms with Crippen molar-refractivity contribution in [1.29, 1.82) is 0 Å². The van der Waals surface area contributed by atoms with Gasteiger partial charge >= 0.3 is 0 Å². The maximum Gasteiger partial charge on any atom is 0.251 e. The Balaban J connectivity index is 1.82. The van der Waals surface area contributed by atoms with Gasteiger partial charge < -0.3 is 15.8 Å². The number of methoxy groups -OCH3 is 1. The van der Waals surface area contributed by atoms with Crippen molar-refractivity contribution in [3.8, 4) is 5.75 Å². The smallest absolute Gasteiger partial charge is 0.251 e. The molecule has 0 radical (unpaired) electrons. The van der Waals surface area contributed by atoms with Crippen LogP contribution in [0.25, 0.3) is 0 Å². The number of rotatable bonds is 5. The number of benzene rings is 1. The molecule has 1 aliphatic heterocycles. The van der Waals surface area contributed by atoms with E-state index in [1.54, 1.807) is 18.2 Å². The van der Waals surface area contributed by atoms with E-state index < -0.39 is 6.17 Å². The van der Waals surface area contributed by atoms with Crippen LogP contribution < -0.4 is 15.8 Å². The van der Waals surface area contributed by atoms with Gasteiger partial charge in [-0.15, -0.1) is 0 Å². The summed E-state index contributed by atoms with van der Waals surface area (Å²) in [6.45, 7) is 2.38. The predicted octanol–water partition coefficient (Wildman–Crippen LogP) is 1.05. The van der Waals surface area contributed by atoms with Crippen LogP contribution in [0.2, 0.25) is 0 Å². The molecule has 1 saturated heterocycles. The van der Waals surface area contributed by atoms with Crippen LogP contribution in [0.15, 0.2) is 18.2 Å². The molecule has 1 amide bonds. The largest absolute Gasteiger partial charge is 0.495 e. The lowest BCUT2D eigenvalue weighted by Crippen LogP contribution is -2.34. The van der Waals surface area contributed by atoms with E-state index in [1.807, 2.05) is 4.90 Å². The van der Waals surface area contributed by atoms with Crippen molar-refractivity contribution in [2.24, 2.45) is 0 Å². The number of amides is 1. The van der Waals surface area contributed by atoms with Crippen molar-refractivity contribution in [3.05, 3.63) is 23.8 Å². The number of nitrogens with two attached hydrogens (primary N) is 1. The number of anilines is 1. The maximum absolute atomic E-state index is 13.0. The Bertz CT molecular complexity index is 481. The summed E-state index contributed by atoms with van der Waals surface area (Å²) in [6.07, 6.45) is -0.143. The third-order valence-electron chi connectivity index (χ3n) is 3.42. The molecule has 1 aliphatic rings. The molecule has 0 bridgehead atoms. The zero-order chi connectivity index (χ0) is 14.5. The second-order valence-corrected chi connectivity index (χ2v) is 4.90. The number of hydrogen-bond acceptors (Lipinski definition) is 4. The number of carbonyl (C=O) groups excluding carboxylic acids is 1. The average Bonchev–Trinajstić information content (AvgIpc) is 2.85. The van der Waals surface area contributed by atoms with Crippen LogP contribution >= 0.6 is 0 Å². The van der Waals surface area contributed by atoms with Crippen LogP contribution in [-0.4, -0.2) is 50.3 Å². The maximum atomic E-state index is 13.0. The Morgan fingerprint density at radius 3 is 3.05 bits per heavy atom. The first-order valence-corrected chi connectivity index (χ1v) is 6.68. The Morgan fingerprint density at radius 2 is 2.40 bits per heavy atom. The predicted molar refractivity (Wildman–Crippen MR) is 75.7 cm³/mol. The highest BCUT2D eigenvalue weighted by Gasteiger charge is 2.21. The molecule has 3 N–H and O–H groups in total. The summed E-state index contributed by atoms with van der Waals surface area (Å²) in [5.74, 6) is 0.303. The second-order valence-electron chi connectivity index (χ2n) is 4.90. The molecule has 0 aliphatic carbocycles. The van der Waals surface area contributed by atoms with Gasteiger partial charge in [-0.2, -0.15) is 0 Å². The number of ether oxygens (including phenoxy) is 1. The van der Waals surface area contributed by atoms with E-state index in [-0.39, 0.29) is 5.91 Å². The number of nitrogens with zero attached hydrogens (tertiary/aromatic N) is 1. The molecule has 110 valence electrons. The highest BCUT2D eigenvalue weighted by Crippen LogP contribution is 2.21. The van der Waals surface area contributed by atoms with Gasteiger partial charge in [-0.1, -0.05) is 0 Å². The molecular weight excluding hydrogens is 261 g/mol. The van der Waals surface area contributed by atoms with E-state index in [4.69, 9.17) is 10.5 Å². The van der Waals surface area contributed by atoms with E-state index in [0.29, 0.717) is 43.1 Å². The van der Waals surface area contributed by atoms with E-state index in [2.05, 4.69) is 5.32 Å². The number of nitrogen functional groups attached to an aromatic ring is 1. The highest BCUT2D eigenvalue weighted by molar-refractivity contribution is 5.95. The second kappa shape index (κ2) is 6.56. The van der Waals surface area contributed by atoms with Crippen molar-refractivity contribution >= 4 is 11.6 Å². The quantitative estimate of drug-likeness (QED) is 0.792. The summed E-state index contributed by atoms with van der Waals surface area (Å²) < 4.78 is 18.1. The fourth-order valence-electron chi connectivity index (χ4n) is 2.27. The molecule has 1 aromatic rings. The van der Waals surface area contributed by atoms with Gasteiger partial charge in [-0.05, 0) is 24.6 Å². The van der Waals surface area contributed by atoms with E-state index in [1.165, 1.54) is 7.11 Å². The SMILES string of the molecule is COc1cc(C(=O)NCCN2CC[C@H](F)C2)ccc1N. The lowest BCUT2D eigenvalue weighted by molar-refractivity contribution is 0.0949. The van der Waals surface area contributed by atoms with Crippen LogP contribution in [-0.2, 0) is 0 Å². The number of nitrogens with one attached hydrogen (secondary N) is 1. The minimum Gasteiger partial charge on any atom is -0.495 e. The van der Waals surface area contributed by atoms with Crippen LogP contribution in [0, 0.1) is 0 Å². The number of hydrogen-bond donors (Lipinski definition) is 2. The molecule has 1 atom stereocenters. The normalized spacial score (nSPS) is 19.0. The first-order valence-electron chi connectivity index (χ1n) is 6.68. The first-order chi connectivity index (χ1) is 9.60. The molecule has 20 heavy (non-hydrogen) atoms. The topological polar surface area (TPSA) is 67.6 Å². The molecule has 1 fully saturated rings. The summed E-state index contributed by atoms with van der Waals surface area (Å²) in [7, 11) is 1.51. The van der Waals surface area contributed by atoms with Crippen molar-refractivity contribution in [1.82, 2.24) is 10.2 Å². The molecule has 0 aromatic heterocycles. The fourth-order valence-corrected chi connectivity index (χ4v) is 2.27. The minimum absolute atomic E-state index is 0.181. The Morgan fingerprint density at radius 1 is 1.60 bits per heavy atom. The third kappa shape index (κ3) is 3.60. The molecular formula is C14H20FN3O2. The van der Waals surface area contributed by atoms with E-state index >= 15 is 0 Å². The Kier molecular flexibility index (Phi) is 4.79. The van der Waals surface area contributed by atoms with Crippen molar-refractivity contribution < 1.29 is 13.9 Å². The molecule has 0 unspecified atom stereocenters. The average molecular weight is 281 g/mol. The summed E-state index contributed by atoms with van der Waals surface area (Å²) in [5, 5.41) is 2.81. The molecule has 0 spiro atoms. The van der Waals surface area contributed by atoms with Crippen LogP contribution in [0.5, 0.6) is 5.75 Å². The van der Waals surface area contributed by atoms with Crippen molar-refractivity contribution in [2.45, 2.75) is 12.6 Å². The van der Waals surface area contributed by atoms with Gasteiger partial charge in [0.05, 0.1) is 12.8 Å². The lowest BCUT2D eigenvalue weighted by atomic mass is 10.2. The molecule has 1 aromatic carbocycles. The summed E-state index contributed by atoms with van der Waals surface area (Å²) in [6, 6.07) is 4.90. The van der Waals surface area contributed by atoms with Gasteiger partial charge in [0.15, 0.2) is 0 Å². The summed E-state index contributed by atoms with van der Waals surface area (Å²) >= 11 is 0. The zero-order valence-corrected chi connectivity index (χ0v) is 11.6. The number of alkyl halides is 1. The number of likely N-dealkylation sites (tertiary alicyclic amines) is 1. The van der Waals surface area contributed by atoms with Crippen molar-refractivity contribution in [3.63, 3.8) is 0 Å². The number of carbonyl (C=O) groups is 1. The van der Waals surface area contributed by atoms with Gasteiger partial charge in [0.1, 0.15) is 11.9 Å². The van der Waals surface area contributed by atoms with E-state index in [0.717, 1.165) is 6.54 Å². The minimum atomic E-state index is -0.730. The van der Waals surface area contributed by atoms with Gasteiger partial charge in [0.2, 0.25) is 0 Å². The van der Waals surface area contributed by atoms with Crippen molar-refractivity contribution in [2.75, 3.05) is 39.0 Å². The van der Waals surface area contributed by atoms with Gasteiger partial charge in [0.25, 0.3) is 5.91 Å². The molecule has 0 saturated carbocycles. The Labute approximate surface area is 117 Å². The standard InChI is InChI=1S/C14H20FN3O2/c1-20-13-8-10(2-3-12(13)16)14(19)17-5-7-18-6-4-11(15)9-18/h2-3,8,11H,4-7,9,16H2,1H3,(H,17,19)/t11-/m0/s1. The Hall–Kier alpha value is -1.82. The third-order valence-corrected chi connectivity index (χ3v) is 3.42. The molecule has 2 rings (SSSR count). The molecule has 6 heteroatoms.